The number of carbonyl (C=O) groups excluding carboxylic acids is 1. The molecule has 3 aromatic rings. The maximum absolute atomic E-state index is 13.2. The van der Waals surface area contributed by atoms with Crippen LogP contribution in [-0.4, -0.2) is 27.1 Å². The summed E-state index contributed by atoms with van der Waals surface area (Å²) in [6.07, 6.45) is 2.86. The van der Waals surface area contributed by atoms with E-state index in [-0.39, 0.29) is 23.0 Å². The van der Waals surface area contributed by atoms with Gasteiger partial charge >= 0.3 is 5.97 Å². The molecule has 0 aliphatic heterocycles. The first kappa shape index (κ1) is 21.7. The molecule has 164 valence electrons. The highest BCUT2D eigenvalue weighted by molar-refractivity contribution is 7.18. The lowest BCUT2D eigenvalue weighted by Gasteiger charge is -2.33. The average Bonchev–Trinajstić information content (AvgIpc) is 3.08. The van der Waals surface area contributed by atoms with Gasteiger partial charge in [-0.05, 0) is 67.7 Å². The first-order valence-corrected chi connectivity index (χ1v) is 11.6. The number of benzene rings is 1. The lowest BCUT2D eigenvalue weighted by atomic mass is 9.72. The molecule has 4 rings (SSSR count). The topological polar surface area (TPSA) is 74.1 Å². The fourth-order valence-corrected chi connectivity index (χ4v) is 5.41. The van der Waals surface area contributed by atoms with Gasteiger partial charge in [-0.3, -0.25) is 4.79 Å². The van der Waals surface area contributed by atoms with Crippen LogP contribution in [-0.2, 0) is 24.1 Å². The minimum Gasteiger partial charge on any atom is -0.459 e. The van der Waals surface area contributed by atoms with Crippen molar-refractivity contribution >= 4 is 27.5 Å². The minimum absolute atomic E-state index is 0.0833. The second-order valence-electron chi connectivity index (χ2n) is 9.69. The Labute approximate surface area is 186 Å². The Balaban J connectivity index is 1.59. The smallest absolute Gasteiger partial charge is 0.338 e. The van der Waals surface area contributed by atoms with Gasteiger partial charge in [-0.15, -0.1) is 16.4 Å². The number of rotatable bonds is 4. The Morgan fingerprint density at radius 1 is 1.26 bits per heavy atom. The zero-order valence-electron chi connectivity index (χ0n) is 18.8. The number of thiophene rings is 1. The van der Waals surface area contributed by atoms with Crippen molar-refractivity contribution in [2.24, 2.45) is 11.3 Å². The fraction of sp³-hybridized carbons (Fsp3) is 0.500. The van der Waals surface area contributed by atoms with Gasteiger partial charge in [0.2, 0.25) is 0 Å². The number of aromatic nitrogens is 3. The van der Waals surface area contributed by atoms with Gasteiger partial charge in [0.15, 0.2) is 4.83 Å². The molecule has 2 heterocycles. The van der Waals surface area contributed by atoms with Gasteiger partial charge in [0, 0.05) is 4.88 Å². The molecule has 1 aliphatic carbocycles. The van der Waals surface area contributed by atoms with Gasteiger partial charge in [-0.1, -0.05) is 38.1 Å². The lowest BCUT2D eigenvalue weighted by Crippen LogP contribution is -2.28. The summed E-state index contributed by atoms with van der Waals surface area (Å²) in [7, 11) is 0. The van der Waals surface area contributed by atoms with Crippen LogP contribution in [0.15, 0.2) is 29.1 Å². The highest BCUT2D eigenvalue weighted by Crippen LogP contribution is 2.41. The predicted octanol–water partition coefficient (Wildman–Crippen LogP) is 4.62. The third-order valence-electron chi connectivity index (χ3n) is 6.03. The summed E-state index contributed by atoms with van der Waals surface area (Å²) in [5.41, 5.74) is 2.72. The largest absolute Gasteiger partial charge is 0.459 e. The zero-order chi connectivity index (χ0) is 22.3. The summed E-state index contributed by atoms with van der Waals surface area (Å²) in [5.74, 6) is 0.266. The Morgan fingerprint density at radius 2 is 1.97 bits per heavy atom. The maximum atomic E-state index is 13.2. The van der Waals surface area contributed by atoms with Crippen molar-refractivity contribution in [3.05, 3.63) is 56.2 Å². The molecule has 7 heteroatoms. The van der Waals surface area contributed by atoms with Crippen molar-refractivity contribution in [2.75, 3.05) is 0 Å². The number of ether oxygens (including phenoxy) is 1. The number of fused-ring (bicyclic) bond motifs is 3. The Hall–Kier alpha value is -2.54. The third kappa shape index (κ3) is 4.42. The molecule has 6 nitrogen and oxygen atoms in total. The molecule has 1 atom stereocenters. The predicted molar refractivity (Wildman–Crippen MR) is 123 cm³/mol. The molecule has 0 fully saturated rings. The normalized spacial score (nSPS) is 16.5. The van der Waals surface area contributed by atoms with Gasteiger partial charge in [0.1, 0.15) is 0 Å². The number of carbonyl (C=O) groups is 1. The van der Waals surface area contributed by atoms with Crippen LogP contribution in [0, 0.1) is 11.3 Å². The Morgan fingerprint density at radius 3 is 2.61 bits per heavy atom. The summed E-state index contributed by atoms with van der Waals surface area (Å²) in [5, 5.41) is 9.28. The molecule has 2 aromatic heterocycles. The molecule has 0 spiro atoms. The van der Waals surface area contributed by atoms with Crippen LogP contribution < -0.4 is 5.56 Å². The molecule has 1 aromatic carbocycles. The van der Waals surface area contributed by atoms with Gasteiger partial charge < -0.3 is 4.74 Å². The molecular weight excluding hydrogens is 410 g/mol. The molecule has 0 amide bonds. The van der Waals surface area contributed by atoms with Gasteiger partial charge in [-0.25, -0.2) is 9.48 Å². The van der Waals surface area contributed by atoms with Crippen molar-refractivity contribution in [3.63, 3.8) is 0 Å². The number of esters is 1. The van der Waals surface area contributed by atoms with E-state index in [0.29, 0.717) is 18.0 Å². The summed E-state index contributed by atoms with van der Waals surface area (Å²) in [4.78, 5) is 27.3. The quantitative estimate of drug-likeness (QED) is 0.555. The molecule has 0 bridgehead atoms. The van der Waals surface area contributed by atoms with Crippen molar-refractivity contribution in [1.82, 2.24) is 15.0 Å². The van der Waals surface area contributed by atoms with E-state index < -0.39 is 0 Å². The number of aryl methyl sites for hydroxylation is 1. The second kappa shape index (κ2) is 8.19. The number of hydrogen-bond acceptors (Lipinski definition) is 6. The van der Waals surface area contributed by atoms with Crippen molar-refractivity contribution in [2.45, 2.75) is 66.5 Å². The highest BCUT2D eigenvalue weighted by atomic mass is 32.1. The summed E-state index contributed by atoms with van der Waals surface area (Å²) >= 11 is 1.62. The summed E-state index contributed by atoms with van der Waals surface area (Å²) in [6, 6.07) is 7.09. The van der Waals surface area contributed by atoms with Crippen LogP contribution >= 0.6 is 11.3 Å². The molecule has 0 saturated carbocycles. The Kier molecular flexibility index (Phi) is 5.73. The van der Waals surface area contributed by atoms with E-state index in [2.05, 4.69) is 31.1 Å². The van der Waals surface area contributed by atoms with Gasteiger partial charge in [0.25, 0.3) is 5.56 Å². The SMILES string of the molecule is CC(C)OC(=O)c1ccc(Cn2nnc3sc4c(c3c2=O)CC[C@@H](C(C)(C)C)C4)cc1. The zero-order valence-corrected chi connectivity index (χ0v) is 19.6. The van der Waals surface area contributed by atoms with E-state index in [1.165, 1.54) is 15.1 Å². The average molecular weight is 440 g/mol. The summed E-state index contributed by atoms with van der Waals surface area (Å²) in [6.45, 7) is 10.8. The molecule has 31 heavy (non-hydrogen) atoms. The molecule has 1 aliphatic rings. The van der Waals surface area contributed by atoms with E-state index in [1.807, 2.05) is 26.0 Å². The van der Waals surface area contributed by atoms with Crippen LogP contribution in [0.2, 0.25) is 0 Å². The number of hydrogen-bond donors (Lipinski definition) is 0. The highest BCUT2D eigenvalue weighted by Gasteiger charge is 2.31. The van der Waals surface area contributed by atoms with Crippen LogP contribution in [0.3, 0.4) is 0 Å². The lowest BCUT2D eigenvalue weighted by molar-refractivity contribution is 0.0378. The minimum atomic E-state index is -0.349. The van der Waals surface area contributed by atoms with Gasteiger partial charge in [0.05, 0.1) is 23.6 Å². The number of nitrogens with zero attached hydrogens (tertiary/aromatic N) is 3. The van der Waals surface area contributed by atoms with E-state index in [9.17, 15) is 9.59 Å². The fourth-order valence-electron chi connectivity index (χ4n) is 4.17. The van der Waals surface area contributed by atoms with Crippen LogP contribution in [0.4, 0.5) is 0 Å². The molecule has 0 radical (unpaired) electrons. The molecule has 0 saturated heterocycles. The second-order valence-corrected chi connectivity index (χ2v) is 10.8. The Bertz CT molecular complexity index is 1170. The standard InChI is InChI=1S/C24H29N3O3S/c1-14(2)30-23(29)16-8-6-15(7-9-16)13-27-22(28)20-18-11-10-17(24(3,4)5)12-19(18)31-21(20)25-26-27/h6-9,14,17H,10-13H2,1-5H3/t17-/m1/s1. The first-order valence-electron chi connectivity index (χ1n) is 10.8. The van der Waals surface area contributed by atoms with Crippen molar-refractivity contribution in [1.29, 1.82) is 0 Å². The molecular formula is C24H29N3O3S. The van der Waals surface area contributed by atoms with Crippen LogP contribution in [0.5, 0.6) is 0 Å². The van der Waals surface area contributed by atoms with Crippen molar-refractivity contribution in [3.8, 4) is 0 Å². The maximum Gasteiger partial charge on any atom is 0.338 e. The van der Waals surface area contributed by atoms with Gasteiger partial charge in [-0.2, -0.15) is 0 Å². The third-order valence-corrected chi connectivity index (χ3v) is 7.17. The van der Waals surface area contributed by atoms with E-state index >= 15 is 0 Å². The monoisotopic (exact) mass is 439 g/mol. The van der Waals surface area contributed by atoms with Crippen LogP contribution in [0.1, 0.15) is 67.4 Å². The van der Waals surface area contributed by atoms with E-state index in [0.717, 1.165) is 35.0 Å². The van der Waals surface area contributed by atoms with E-state index in [4.69, 9.17) is 4.74 Å². The van der Waals surface area contributed by atoms with Crippen molar-refractivity contribution < 1.29 is 9.53 Å². The van der Waals surface area contributed by atoms with E-state index in [1.54, 1.807) is 23.5 Å². The van der Waals surface area contributed by atoms with Crippen LogP contribution in [0.25, 0.3) is 10.2 Å². The molecule has 0 N–H and O–H groups in total. The molecule has 0 unspecified atom stereocenters. The first-order chi connectivity index (χ1) is 14.6. The summed E-state index contributed by atoms with van der Waals surface area (Å²) < 4.78 is 6.64.